The van der Waals surface area contributed by atoms with Gasteiger partial charge >= 0.3 is 0 Å². The van der Waals surface area contributed by atoms with Crippen molar-refractivity contribution in [3.05, 3.63) is 34.9 Å². The van der Waals surface area contributed by atoms with Gasteiger partial charge in [-0.25, -0.2) is 0 Å². The third-order valence-corrected chi connectivity index (χ3v) is 4.78. The maximum atomic E-state index is 12.2. The number of hydrogen-bond acceptors (Lipinski definition) is 3. The van der Waals surface area contributed by atoms with Crippen LogP contribution in [0, 0.1) is 5.92 Å². The van der Waals surface area contributed by atoms with E-state index in [1.54, 1.807) is 0 Å². The summed E-state index contributed by atoms with van der Waals surface area (Å²) < 4.78 is 5.50. The second-order valence-corrected chi connectivity index (χ2v) is 6.82. The molecule has 1 amide bonds. The lowest BCUT2D eigenvalue weighted by Gasteiger charge is -2.38. The van der Waals surface area contributed by atoms with Gasteiger partial charge in [-0.1, -0.05) is 37.6 Å². The molecule has 0 aliphatic carbocycles. The summed E-state index contributed by atoms with van der Waals surface area (Å²) in [4.78, 5) is 12.2. The minimum Gasteiger partial charge on any atom is -0.381 e. The molecule has 1 aliphatic rings. The van der Waals surface area contributed by atoms with E-state index in [4.69, 9.17) is 22.1 Å². The van der Waals surface area contributed by atoms with Crippen LogP contribution in [-0.2, 0) is 14.9 Å². The molecule has 0 saturated carbocycles. The van der Waals surface area contributed by atoms with Gasteiger partial charge in [0, 0.05) is 30.2 Å². The first-order valence-corrected chi connectivity index (χ1v) is 8.19. The van der Waals surface area contributed by atoms with E-state index < -0.39 is 6.04 Å². The Morgan fingerprint density at radius 1 is 1.32 bits per heavy atom. The maximum Gasteiger partial charge on any atom is 0.237 e. The van der Waals surface area contributed by atoms with Crippen molar-refractivity contribution in [1.29, 1.82) is 0 Å². The van der Waals surface area contributed by atoms with Gasteiger partial charge in [0.25, 0.3) is 0 Å². The van der Waals surface area contributed by atoms with Crippen LogP contribution in [0.15, 0.2) is 24.3 Å². The van der Waals surface area contributed by atoms with E-state index in [2.05, 4.69) is 5.32 Å². The van der Waals surface area contributed by atoms with Crippen molar-refractivity contribution in [2.24, 2.45) is 11.7 Å². The van der Waals surface area contributed by atoms with Crippen LogP contribution in [-0.4, -0.2) is 31.7 Å². The number of benzene rings is 1. The van der Waals surface area contributed by atoms with E-state index in [9.17, 15) is 4.79 Å². The quantitative estimate of drug-likeness (QED) is 0.874. The lowest BCUT2D eigenvalue weighted by Crippen LogP contribution is -2.50. The first-order valence-electron chi connectivity index (χ1n) is 7.82. The molecule has 1 fully saturated rings. The summed E-state index contributed by atoms with van der Waals surface area (Å²) in [5, 5.41) is 3.75. The molecule has 5 heteroatoms. The van der Waals surface area contributed by atoms with Crippen LogP contribution < -0.4 is 11.1 Å². The average molecular weight is 325 g/mol. The molecule has 0 radical (unpaired) electrons. The third-order valence-electron chi connectivity index (χ3n) is 4.53. The summed E-state index contributed by atoms with van der Waals surface area (Å²) in [7, 11) is 0. The molecule has 22 heavy (non-hydrogen) atoms. The van der Waals surface area contributed by atoms with Gasteiger partial charge in [-0.15, -0.1) is 0 Å². The summed E-state index contributed by atoms with van der Waals surface area (Å²) in [5.74, 6) is 0.0380. The number of carbonyl (C=O) groups is 1. The Morgan fingerprint density at radius 2 is 1.91 bits per heavy atom. The molecule has 1 aromatic carbocycles. The Morgan fingerprint density at radius 3 is 2.45 bits per heavy atom. The van der Waals surface area contributed by atoms with E-state index in [1.807, 2.05) is 38.1 Å². The number of ether oxygens (including phenoxy) is 1. The van der Waals surface area contributed by atoms with Gasteiger partial charge in [0.15, 0.2) is 0 Å². The summed E-state index contributed by atoms with van der Waals surface area (Å²) in [6, 6.07) is 7.41. The van der Waals surface area contributed by atoms with Gasteiger partial charge in [-0.3, -0.25) is 4.79 Å². The zero-order valence-corrected chi connectivity index (χ0v) is 14.0. The van der Waals surface area contributed by atoms with E-state index >= 15 is 0 Å². The monoisotopic (exact) mass is 324 g/mol. The highest BCUT2D eigenvalue weighted by atomic mass is 35.5. The van der Waals surface area contributed by atoms with Crippen LogP contribution in [0.1, 0.15) is 32.3 Å². The zero-order valence-electron chi connectivity index (χ0n) is 13.3. The molecule has 1 aliphatic heterocycles. The minimum atomic E-state index is -0.470. The van der Waals surface area contributed by atoms with Crippen molar-refractivity contribution in [2.75, 3.05) is 19.8 Å². The number of amides is 1. The van der Waals surface area contributed by atoms with Crippen LogP contribution in [0.3, 0.4) is 0 Å². The van der Waals surface area contributed by atoms with Crippen LogP contribution in [0.2, 0.25) is 5.02 Å². The number of halogens is 1. The second kappa shape index (κ2) is 7.44. The van der Waals surface area contributed by atoms with E-state index in [1.165, 1.54) is 5.56 Å². The molecule has 1 saturated heterocycles. The molecule has 0 spiro atoms. The van der Waals surface area contributed by atoms with Crippen molar-refractivity contribution in [3.8, 4) is 0 Å². The van der Waals surface area contributed by atoms with Crippen molar-refractivity contribution in [2.45, 2.75) is 38.1 Å². The van der Waals surface area contributed by atoms with Crippen molar-refractivity contribution in [1.82, 2.24) is 5.32 Å². The van der Waals surface area contributed by atoms with E-state index in [0.29, 0.717) is 19.8 Å². The predicted octanol–water partition coefficient (Wildman–Crippen LogP) is 2.49. The Kier molecular flexibility index (Phi) is 5.84. The number of nitrogens with two attached hydrogens (primary N) is 1. The molecule has 4 nitrogen and oxygen atoms in total. The smallest absolute Gasteiger partial charge is 0.237 e. The Hall–Kier alpha value is -1.10. The molecule has 1 heterocycles. The lowest BCUT2D eigenvalue weighted by molar-refractivity contribution is -0.123. The van der Waals surface area contributed by atoms with Crippen molar-refractivity contribution < 1.29 is 9.53 Å². The molecular weight excluding hydrogens is 300 g/mol. The molecular formula is C17H25ClN2O2. The number of carbonyl (C=O) groups excluding carboxylic acids is 1. The largest absolute Gasteiger partial charge is 0.381 e. The number of hydrogen-bond donors (Lipinski definition) is 2. The highest BCUT2D eigenvalue weighted by Gasteiger charge is 2.35. The topological polar surface area (TPSA) is 64.4 Å². The summed E-state index contributed by atoms with van der Waals surface area (Å²) >= 11 is 5.99. The fourth-order valence-corrected chi connectivity index (χ4v) is 2.94. The van der Waals surface area contributed by atoms with Gasteiger partial charge in [-0.05, 0) is 36.5 Å². The highest BCUT2D eigenvalue weighted by molar-refractivity contribution is 6.30. The first kappa shape index (κ1) is 17.3. The fraction of sp³-hybridized carbons (Fsp3) is 0.588. The molecule has 0 bridgehead atoms. The highest BCUT2D eigenvalue weighted by Crippen LogP contribution is 2.34. The summed E-state index contributed by atoms with van der Waals surface area (Å²) in [6.07, 6.45) is 1.76. The summed E-state index contributed by atoms with van der Waals surface area (Å²) in [5.41, 5.74) is 7.01. The van der Waals surface area contributed by atoms with Gasteiger partial charge in [-0.2, -0.15) is 0 Å². The molecule has 0 aromatic heterocycles. The summed E-state index contributed by atoms with van der Waals surface area (Å²) in [6.45, 7) is 5.89. The van der Waals surface area contributed by atoms with E-state index in [-0.39, 0.29) is 17.2 Å². The number of rotatable bonds is 5. The Bertz CT molecular complexity index is 496. The van der Waals surface area contributed by atoms with Gasteiger partial charge < -0.3 is 15.8 Å². The van der Waals surface area contributed by atoms with Gasteiger partial charge in [0.05, 0.1) is 6.04 Å². The SMILES string of the molecule is CC(C)[C@H](N)C(=O)NCC1(c2ccc(Cl)cc2)CCOCC1. The maximum absolute atomic E-state index is 12.2. The van der Waals surface area contributed by atoms with Gasteiger partial charge in [0.1, 0.15) is 0 Å². The zero-order chi connectivity index (χ0) is 16.2. The fourth-order valence-electron chi connectivity index (χ4n) is 2.81. The molecule has 2 rings (SSSR count). The Labute approximate surface area is 137 Å². The lowest BCUT2D eigenvalue weighted by atomic mass is 9.74. The third kappa shape index (κ3) is 4.00. The molecule has 1 atom stereocenters. The normalized spacial score (nSPS) is 19.0. The van der Waals surface area contributed by atoms with Gasteiger partial charge in [0.2, 0.25) is 5.91 Å². The molecule has 3 N–H and O–H groups in total. The van der Waals surface area contributed by atoms with Crippen molar-refractivity contribution in [3.63, 3.8) is 0 Å². The van der Waals surface area contributed by atoms with Crippen molar-refractivity contribution >= 4 is 17.5 Å². The molecule has 1 aromatic rings. The van der Waals surface area contributed by atoms with Crippen LogP contribution in [0.5, 0.6) is 0 Å². The second-order valence-electron chi connectivity index (χ2n) is 6.39. The molecule has 122 valence electrons. The first-order chi connectivity index (χ1) is 10.4. The predicted molar refractivity (Wildman–Crippen MR) is 89.0 cm³/mol. The van der Waals surface area contributed by atoms with Crippen LogP contribution in [0.25, 0.3) is 0 Å². The van der Waals surface area contributed by atoms with Crippen LogP contribution >= 0.6 is 11.6 Å². The Balaban J connectivity index is 2.12. The average Bonchev–Trinajstić information content (AvgIpc) is 2.53. The standard InChI is InChI=1S/C17H25ClN2O2/c1-12(2)15(19)16(21)20-11-17(7-9-22-10-8-17)13-3-5-14(18)6-4-13/h3-6,12,15H,7-11,19H2,1-2H3,(H,20,21)/t15-/m0/s1. The molecule has 0 unspecified atom stereocenters. The van der Waals surface area contributed by atoms with Crippen LogP contribution in [0.4, 0.5) is 0 Å². The minimum absolute atomic E-state index is 0.0881. The van der Waals surface area contributed by atoms with E-state index in [0.717, 1.165) is 17.9 Å². The number of nitrogens with one attached hydrogen (secondary N) is 1.